The van der Waals surface area contributed by atoms with Crippen LogP contribution in [0.5, 0.6) is 5.88 Å². The van der Waals surface area contributed by atoms with E-state index in [1.54, 1.807) is 12.1 Å². The summed E-state index contributed by atoms with van der Waals surface area (Å²) in [5, 5.41) is 0. The Hall–Kier alpha value is -2.52. The Morgan fingerprint density at radius 1 is 1.28 bits per heavy atom. The summed E-state index contributed by atoms with van der Waals surface area (Å²) in [4.78, 5) is 18.8. The van der Waals surface area contributed by atoms with Gasteiger partial charge in [-0.25, -0.2) is 17.8 Å². The summed E-state index contributed by atoms with van der Waals surface area (Å²) >= 11 is 0. The zero-order valence-electron chi connectivity index (χ0n) is 19.3. The molecule has 0 saturated carbocycles. The Morgan fingerprint density at radius 3 is 2.62 bits per heavy atom. The van der Waals surface area contributed by atoms with E-state index < -0.39 is 21.7 Å². The van der Waals surface area contributed by atoms with E-state index >= 15 is 0 Å². The van der Waals surface area contributed by atoms with Crippen LogP contribution in [0.3, 0.4) is 0 Å². The third kappa shape index (κ3) is 7.27. The average molecular weight is 466 g/mol. The second-order valence-electron chi connectivity index (χ2n) is 8.03. The molecule has 0 spiro atoms. The highest BCUT2D eigenvalue weighted by Gasteiger charge is 2.21. The first-order valence-electron chi connectivity index (χ1n) is 10.6. The molecule has 0 unspecified atom stereocenters. The van der Waals surface area contributed by atoms with Gasteiger partial charge in [0.05, 0.1) is 19.3 Å². The highest BCUT2D eigenvalue weighted by atomic mass is 32.2. The van der Waals surface area contributed by atoms with E-state index in [1.807, 2.05) is 32.7 Å². The molecule has 0 saturated heterocycles. The smallest absolute Gasteiger partial charge is 0.237 e. The number of rotatable bonds is 11. The molecule has 32 heavy (non-hydrogen) atoms. The van der Waals surface area contributed by atoms with Crippen LogP contribution in [-0.2, 0) is 21.2 Å². The van der Waals surface area contributed by atoms with Crippen molar-refractivity contribution in [3.05, 3.63) is 47.4 Å². The molecule has 9 heteroatoms. The second-order valence-corrected chi connectivity index (χ2v) is 9.87. The summed E-state index contributed by atoms with van der Waals surface area (Å²) in [5.74, 6) is -0.941. The van der Waals surface area contributed by atoms with Crippen LogP contribution in [0.25, 0.3) is 11.1 Å². The molecule has 0 radical (unpaired) electrons. The van der Waals surface area contributed by atoms with Crippen LogP contribution in [0.4, 0.5) is 4.39 Å². The fourth-order valence-electron chi connectivity index (χ4n) is 3.42. The number of carbonyl (C=O) groups excluding carboxylic acids is 1. The van der Waals surface area contributed by atoms with Crippen LogP contribution in [0.2, 0.25) is 0 Å². The van der Waals surface area contributed by atoms with Gasteiger partial charge in [-0.3, -0.25) is 9.52 Å². The fraction of sp³-hybridized carbons (Fsp3) is 0.478. The van der Waals surface area contributed by atoms with Crippen LogP contribution in [0.1, 0.15) is 44.2 Å². The van der Waals surface area contributed by atoms with Crippen LogP contribution in [0.15, 0.2) is 30.5 Å². The molecule has 0 atom stereocenters. The van der Waals surface area contributed by atoms with Gasteiger partial charge in [0.2, 0.25) is 21.8 Å². The topological polar surface area (TPSA) is 88.6 Å². The van der Waals surface area contributed by atoms with Crippen molar-refractivity contribution in [2.75, 3.05) is 33.0 Å². The summed E-state index contributed by atoms with van der Waals surface area (Å²) in [5.41, 5.74) is 2.36. The summed E-state index contributed by atoms with van der Waals surface area (Å²) in [6, 6.07) is 6.09. The zero-order valence-corrected chi connectivity index (χ0v) is 20.1. The minimum Gasteiger partial charge on any atom is -0.481 e. The van der Waals surface area contributed by atoms with Gasteiger partial charge in [0.15, 0.2) is 0 Å². The third-order valence-electron chi connectivity index (χ3n) is 5.23. The minimum atomic E-state index is -3.76. The van der Waals surface area contributed by atoms with Gasteiger partial charge in [0, 0.05) is 12.3 Å². The number of aromatic nitrogens is 1. The number of hydrogen-bond donors (Lipinski definition) is 1. The maximum atomic E-state index is 14.4. The Balaban J connectivity index is 2.32. The van der Waals surface area contributed by atoms with Crippen LogP contribution < -0.4 is 9.46 Å². The number of halogens is 1. The lowest BCUT2D eigenvalue weighted by Crippen LogP contribution is -2.35. The maximum Gasteiger partial charge on any atom is 0.237 e. The van der Waals surface area contributed by atoms with Crippen molar-refractivity contribution in [1.82, 2.24) is 14.6 Å². The van der Waals surface area contributed by atoms with Gasteiger partial charge in [-0.15, -0.1) is 0 Å². The monoisotopic (exact) mass is 465 g/mol. The second kappa shape index (κ2) is 11.4. The Labute approximate surface area is 190 Å². The molecule has 0 aliphatic heterocycles. The van der Waals surface area contributed by atoms with Crippen molar-refractivity contribution in [3.8, 4) is 17.0 Å². The van der Waals surface area contributed by atoms with E-state index in [0.29, 0.717) is 41.1 Å². The molecular weight excluding hydrogens is 433 g/mol. The lowest BCUT2D eigenvalue weighted by Gasteiger charge is -2.18. The molecule has 176 valence electrons. The van der Waals surface area contributed by atoms with E-state index in [4.69, 9.17) is 4.74 Å². The number of nitrogens with zero attached hydrogens (tertiary/aromatic N) is 2. The average Bonchev–Trinajstić information content (AvgIpc) is 2.73. The molecule has 1 amide bonds. The van der Waals surface area contributed by atoms with Gasteiger partial charge < -0.3 is 9.64 Å². The molecule has 2 rings (SSSR count). The van der Waals surface area contributed by atoms with Crippen LogP contribution in [0, 0.1) is 5.82 Å². The molecule has 7 nitrogen and oxygen atoms in total. The van der Waals surface area contributed by atoms with Gasteiger partial charge in [0.25, 0.3) is 0 Å². The predicted octanol–water partition coefficient (Wildman–Crippen LogP) is 3.35. The standard InChI is InChI=1S/C23H32FN3O4S/c1-6-27(4)10-7-11-32(29,30)26-22(28)15-21-19(16(2)3)13-18(24)14-20(21)17-8-9-25-23(12-17)31-5/h8-9,12-14,16H,6-7,10-11,15H2,1-5H3,(H,26,28). The number of ether oxygens (including phenoxy) is 1. The van der Waals surface area contributed by atoms with E-state index in [1.165, 1.54) is 25.4 Å². The molecule has 0 fully saturated rings. The first-order chi connectivity index (χ1) is 15.1. The molecule has 1 N–H and O–H groups in total. The van der Waals surface area contributed by atoms with Crippen molar-refractivity contribution in [2.45, 2.75) is 39.5 Å². The van der Waals surface area contributed by atoms with E-state index in [0.717, 1.165) is 6.54 Å². The quantitative estimate of drug-likeness (QED) is 0.548. The Morgan fingerprint density at radius 2 is 2.00 bits per heavy atom. The number of methoxy groups -OCH3 is 1. The normalized spacial score (nSPS) is 11.8. The number of pyridine rings is 1. The molecule has 1 aromatic carbocycles. The van der Waals surface area contributed by atoms with Crippen molar-refractivity contribution in [2.24, 2.45) is 0 Å². The highest BCUT2D eigenvalue weighted by molar-refractivity contribution is 7.90. The van der Waals surface area contributed by atoms with E-state index in [-0.39, 0.29) is 18.1 Å². The first-order valence-corrected chi connectivity index (χ1v) is 12.3. The van der Waals surface area contributed by atoms with Crippen LogP contribution in [-0.4, -0.2) is 57.2 Å². The van der Waals surface area contributed by atoms with Crippen molar-refractivity contribution in [3.63, 3.8) is 0 Å². The van der Waals surface area contributed by atoms with Gasteiger partial charge in [0.1, 0.15) is 5.82 Å². The summed E-state index contributed by atoms with van der Waals surface area (Å²) in [6.45, 7) is 7.22. The SMILES string of the molecule is CCN(C)CCCS(=O)(=O)NC(=O)Cc1c(-c2ccnc(OC)c2)cc(F)cc1C(C)C. The summed E-state index contributed by atoms with van der Waals surface area (Å²) in [6.07, 6.45) is 1.76. The minimum absolute atomic E-state index is 0.0721. The van der Waals surface area contributed by atoms with Gasteiger partial charge in [-0.1, -0.05) is 20.8 Å². The van der Waals surface area contributed by atoms with E-state index in [2.05, 4.69) is 9.71 Å². The molecule has 2 aromatic rings. The number of sulfonamides is 1. The number of carbonyl (C=O) groups is 1. The van der Waals surface area contributed by atoms with Gasteiger partial charge >= 0.3 is 0 Å². The van der Waals surface area contributed by atoms with Crippen molar-refractivity contribution >= 4 is 15.9 Å². The number of hydrogen-bond acceptors (Lipinski definition) is 6. The summed E-state index contributed by atoms with van der Waals surface area (Å²) < 4.78 is 46.5. The molecule has 1 aromatic heterocycles. The number of nitrogens with one attached hydrogen (secondary N) is 1. The lowest BCUT2D eigenvalue weighted by molar-refractivity contribution is -0.118. The number of benzene rings is 1. The summed E-state index contributed by atoms with van der Waals surface area (Å²) in [7, 11) is -0.378. The Bertz CT molecular complexity index is 1040. The zero-order chi connectivity index (χ0) is 23.9. The molecular formula is C23H32FN3O4S. The number of amides is 1. The molecule has 0 aliphatic carbocycles. The Kier molecular flexibility index (Phi) is 9.15. The molecule has 0 bridgehead atoms. The van der Waals surface area contributed by atoms with Crippen molar-refractivity contribution in [1.29, 1.82) is 0 Å². The lowest BCUT2D eigenvalue weighted by atomic mass is 9.88. The fourth-order valence-corrected chi connectivity index (χ4v) is 4.45. The third-order valence-corrected chi connectivity index (χ3v) is 6.59. The molecule has 0 aliphatic rings. The maximum absolute atomic E-state index is 14.4. The van der Waals surface area contributed by atoms with Crippen molar-refractivity contribution < 1.29 is 22.3 Å². The highest BCUT2D eigenvalue weighted by Crippen LogP contribution is 2.33. The van der Waals surface area contributed by atoms with Crippen LogP contribution >= 0.6 is 0 Å². The predicted molar refractivity (Wildman–Crippen MR) is 124 cm³/mol. The first kappa shape index (κ1) is 25.7. The molecule has 1 heterocycles. The van der Waals surface area contributed by atoms with E-state index in [9.17, 15) is 17.6 Å². The van der Waals surface area contributed by atoms with Gasteiger partial charge in [-0.2, -0.15) is 0 Å². The van der Waals surface area contributed by atoms with Gasteiger partial charge in [-0.05, 0) is 72.9 Å². The largest absolute Gasteiger partial charge is 0.481 e.